The molecule has 27 heavy (non-hydrogen) atoms. The Balaban J connectivity index is 2.35. The molecule has 0 aliphatic rings. The highest BCUT2D eigenvalue weighted by Crippen LogP contribution is 2.32. The van der Waals surface area contributed by atoms with Gasteiger partial charge in [-0.05, 0) is 39.8 Å². The first-order valence-corrected chi connectivity index (χ1v) is 8.33. The zero-order valence-electron chi connectivity index (χ0n) is 15.6. The molecule has 0 atom stereocenters. The lowest BCUT2D eigenvalue weighted by atomic mass is 10.1. The maximum Gasteiger partial charge on any atom is 0.412 e. The highest BCUT2D eigenvalue weighted by atomic mass is 16.6. The Labute approximate surface area is 156 Å². The van der Waals surface area contributed by atoms with Crippen LogP contribution < -0.4 is 15.0 Å². The minimum atomic E-state index is -1.08. The van der Waals surface area contributed by atoms with Crippen LogP contribution in [0.25, 0.3) is 0 Å². The molecule has 0 aliphatic carbocycles. The number of rotatable bonds is 6. The Morgan fingerprint density at radius 1 is 1.37 bits per heavy atom. The number of nitrogens with one attached hydrogen (secondary N) is 1. The molecule has 0 saturated carbocycles. The lowest BCUT2D eigenvalue weighted by Gasteiger charge is -2.33. The minimum Gasteiger partial charge on any atom is -0.465 e. The van der Waals surface area contributed by atoms with E-state index in [0.29, 0.717) is 23.7 Å². The number of amides is 1. The van der Waals surface area contributed by atoms with Gasteiger partial charge in [-0.1, -0.05) is 6.07 Å². The van der Waals surface area contributed by atoms with E-state index in [1.54, 1.807) is 45.0 Å². The Kier molecular flexibility index (Phi) is 5.84. The maximum absolute atomic E-state index is 11.6. The number of carbonyl (C=O) groups is 1. The van der Waals surface area contributed by atoms with Gasteiger partial charge in [0.15, 0.2) is 0 Å². The molecule has 1 aromatic heterocycles. The molecule has 1 heterocycles. The summed E-state index contributed by atoms with van der Waals surface area (Å²) in [6.07, 6.45) is 0.0399. The molecule has 1 amide bonds. The fourth-order valence-electron chi connectivity index (χ4n) is 2.55. The molecule has 0 spiro atoms. The van der Waals surface area contributed by atoms with Crippen molar-refractivity contribution in [3.05, 3.63) is 46.6 Å². The summed E-state index contributed by atoms with van der Waals surface area (Å²) in [7, 11) is 0. The van der Waals surface area contributed by atoms with Gasteiger partial charge in [-0.2, -0.15) is 0 Å². The Morgan fingerprint density at radius 2 is 2.07 bits per heavy atom. The molecule has 9 nitrogen and oxygen atoms in total. The van der Waals surface area contributed by atoms with Crippen molar-refractivity contribution in [3.63, 3.8) is 0 Å². The number of pyridine rings is 1. The van der Waals surface area contributed by atoms with E-state index in [9.17, 15) is 20.0 Å². The van der Waals surface area contributed by atoms with Crippen molar-refractivity contribution in [1.29, 1.82) is 0 Å². The third-order valence-corrected chi connectivity index (χ3v) is 3.58. The number of benzene rings is 1. The third-order valence-electron chi connectivity index (χ3n) is 3.58. The maximum atomic E-state index is 11.6. The van der Waals surface area contributed by atoms with Crippen molar-refractivity contribution in [2.45, 2.75) is 33.2 Å². The van der Waals surface area contributed by atoms with Crippen LogP contribution in [0.2, 0.25) is 0 Å². The molecular formula is C18H22N4O5. The van der Waals surface area contributed by atoms with Gasteiger partial charge < -0.3 is 15.2 Å². The van der Waals surface area contributed by atoms with Gasteiger partial charge in [0.25, 0.3) is 0 Å². The SMILES string of the molecule is CCNc1cc(Oc2cccc(N(C(=O)O)C(C)(C)C)c2)ncc1[N+](=O)[O-]. The van der Waals surface area contributed by atoms with Gasteiger partial charge >= 0.3 is 11.8 Å². The van der Waals surface area contributed by atoms with E-state index in [-0.39, 0.29) is 11.6 Å². The average molecular weight is 374 g/mol. The molecule has 0 saturated heterocycles. The van der Waals surface area contributed by atoms with Gasteiger partial charge in [-0.15, -0.1) is 0 Å². The molecule has 0 bridgehead atoms. The predicted octanol–water partition coefficient (Wildman–Crippen LogP) is 4.50. The van der Waals surface area contributed by atoms with E-state index >= 15 is 0 Å². The lowest BCUT2D eigenvalue weighted by Crippen LogP contribution is -2.45. The zero-order valence-corrected chi connectivity index (χ0v) is 15.6. The molecule has 2 N–H and O–H groups in total. The van der Waals surface area contributed by atoms with E-state index in [1.165, 1.54) is 11.0 Å². The van der Waals surface area contributed by atoms with Crippen molar-refractivity contribution in [3.8, 4) is 11.6 Å². The van der Waals surface area contributed by atoms with Crippen LogP contribution in [0.1, 0.15) is 27.7 Å². The second-order valence-corrected chi connectivity index (χ2v) is 6.72. The van der Waals surface area contributed by atoms with E-state index in [4.69, 9.17) is 4.74 Å². The molecule has 0 aliphatic heterocycles. The summed E-state index contributed by atoms with van der Waals surface area (Å²) in [5, 5.41) is 23.5. The fraction of sp³-hybridized carbons (Fsp3) is 0.333. The Hall–Kier alpha value is -3.36. The molecule has 9 heteroatoms. The van der Waals surface area contributed by atoms with Crippen molar-refractivity contribution >= 4 is 23.2 Å². The van der Waals surface area contributed by atoms with Crippen LogP contribution in [0.15, 0.2) is 36.5 Å². The van der Waals surface area contributed by atoms with Crippen LogP contribution in [0.5, 0.6) is 11.6 Å². The normalized spacial score (nSPS) is 11.0. The molecule has 0 fully saturated rings. The third kappa shape index (κ3) is 4.84. The first-order chi connectivity index (χ1) is 12.6. The summed E-state index contributed by atoms with van der Waals surface area (Å²) >= 11 is 0. The molecule has 0 unspecified atom stereocenters. The molecule has 2 aromatic rings. The number of hydrogen-bond acceptors (Lipinski definition) is 6. The first kappa shape index (κ1) is 20.0. The number of hydrogen-bond donors (Lipinski definition) is 2. The number of nitro groups is 1. The van der Waals surface area contributed by atoms with E-state index < -0.39 is 16.6 Å². The van der Waals surface area contributed by atoms with Crippen LogP contribution in [-0.4, -0.2) is 33.2 Å². The van der Waals surface area contributed by atoms with Crippen LogP contribution in [0, 0.1) is 10.1 Å². The number of anilines is 2. The second-order valence-electron chi connectivity index (χ2n) is 6.72. The second kappa shape index (κ2) is 7.90. The van der Waals surface area contributed by atoms with Gasteiger partial charge in [0.2, 0.25) is 5.88 Å². The van der Waals surface area contributed by atoms with Crippen LogP contribution in [-0.2, 0) is 0 Å². The Bertz CT molecular complexity index is 848. The Morgan fingerprint density at radius 3 is 2.63 bits per heavy atom. The first-order valence-electron chi connectivity index (χ1n) is 8.33. The number of nitrogens with zero attached hydrogens (tertiary/aromatic N) is 3. The highest BCUT2D eigenvalue weighted by Gasteiger charge is 2.28. The molecule has 2 rings (SSSR count). The van der Waals surface area contributed by atoms with Crippen molar-refractivity contribution in [2.24, 2.45) is 0 Å². The summed E-state index contributed by atoms with van der Waals surface area (Å²) in [5.74, 6) is 0.526. The van der Waals surface area contributed by atoms with Gasteiger partial charge in [0, 0.05) is 24.2 Å². The molecule has 144 valence electrons. The van der Waals surface area contributed by atoms with E-state index in [1.807, 2.05) is 6.92 Å². The van der Waals surface area contributed by atoms with E-state index in [2.05, 4.69) is 10.3 Å². The van der Waals surface area contributed by atoms with E-state index in [0.717, 1.165) is 6.20 Å². The number of aromatic nitrogens is 1. The predicted molar refractivity (Wildman–Crippen MR) is 102 cm³/mol. The summed E-state index contributed by atoms with van der Waals surface area (Å²) in [5.41, 5.74) is -0.0524. The van der Waals surface area contributed by atoms with Gasteiger partial charge in [0.05, 0.1) is 10.6 Å². The van der Waals surface area contributed by atoms with Crippen LogP contribution in [0.3, 0.4) is 0 Å². The topological polar surface area (TPSA) is 118 Å². The summed E-state index contributed by atoms with van der Waals surface area (Å²) < 4.78 is 5.69. The minimum absolute atomic E-state index is 0.150. The molecule has 0 radical (unpaired) electrons. The number of carboxylic acid groups (broad SMARTS) is 1. The summed E-state index contributed by atoms with van der Waals surface area (Å²) in [4.78, 5) is 27.4. The van der Waals surface area contributed by atoms with Gasteiger partial charge in [0.1, 0.15) is 17.6 Å². The summed E-state index contributed by atoms with van der Waals surface area (Å²) in [6, 6.07) is 8.01. The average Bonchev–Trinajstić information content (AvgIpc) is 2.53. The monoisotopic (exact) mass is 374 g/mol. The van der Waals surface area contributed by atoms with Crippen molar-refractivity contribution < 1.29 is 19.6 Å². The van der Waals surface area contributed by atoms with Gasteiger partial charge in [-0.3, -0.25) is 15.0 Å². The quantitative estimate of drug-likeness (QED) is 0.564. The zero-order chi connectivity index (χ0) is 20.2. The van der Waals surface area contributed by atoms with Crippen LogP contribution in [0.4, 0.5) is 21.9 Å². The summed E-state index contributed by atoms with van der Waals surface area (Å²) in [6.45, 7) is 7.68. The van der Waals surface area contributed by atoms with Crippen molar-refractivity contribution in [1.82, 2.24) is 4.98 Å². The fourth-order valence-corrected chi connectivity index (χ4v) is 2.55. The van der Waals surface area contributed by atoms with Crippen LogP contribution >= 0.6 is 0 Å². The largest absolute Gasteiger partial charge is 0.465 e. The lowest BCUT2D eigenvalue weighted by molar-refractivity contribution is -0.384. The standard InChI is InChI=1S/C18H22N4O5/c1-5-19-14-10-16(20-11-15(14)22(25)26)27-13-8-6-7-12(9-13)21(17(23)24)18(2,3)4/h6-11H,5H2,1-4H3,(H,19,20)(H,23,24). The molecular weight excluding hydrogens is 352 g/mol. The van der Waals surface area contributed by atoms with Gasteiger partial charge in [-0.25, -0.2) is 9.78 Å². The van der Waals surface area contributed by atoms with Crippen molar-refractivity contribution in [2.75, 3.05) is 16.8 Å². The highest BCUT2D eigenvalue weighted by molar-refractivity contribution is 5.87. The number of ether oxygens (including phenoxy) is 1. The smallest absolute Gasteiger partial charge is 0.412 e. The molecule has 1 aromatic carbocycles.